The Bertz CT molecular complexity index is 776. The van der Waals surface area contributed by atoms with Gasteiger partial charge in [0, 0.05) is 19.0 Å². The van der Waals surface area contributed by atoms with Crippen molar-refractivity contribution in [2.45, 2.75) is 19.8 Å². The molecule has 0 spiro atoms. The molecule has 112 valence electrons. The number of carbonyl (C=O) groups is 1. The molecule has 2 rings (SSSR count). The lowest BCUT2D eigenvalue weighted by Crippen LogP contribution is -2.23. The fourth-order valence-electron chi connectivity index (χ4n) is 1.91. The molecule has 1 heterocycles. The highest BCUT2D eigenvalue weighted by Crippen LogP contribution is 2.14. The van der Waals surface area contributed by atoms with Gasteiger partial charge in [-0.25, -0.2) is 0 Å². The number of rotatable bonds is 5. The number of aryl methyl sites for hydroxylation is 1. The van der Waals surface area contributed by atoms with Crippen LogP contribution in [0.2, 0.25) is 0 Å². The van der Waals surface area contributed by atoms with Crippen LogP contribution in [0.15, 0.2) is 29.1 Å². The second-order valence-corrected chi connectivity index (χ2v) is 4.73. The monoisotopic (exact) mass is 297 g/mol. The van der Waals surface area contributed by atoms with Gasteiger partial charge in [0.2, 0.25) is 5.91 Å². The first-order chi connectivity index (χ1) is 10.6. The number of hydrogen-bond donors (Lipinski definition) is 2. The van der Waals surface area contributed by atoms with Crippen molar-refractivity contribution in [2.24, 2.45) is 0 Å². The van der Waals surface area contributed by atoms with Gasteiger partial charge in [0.1, 0.15) is 5.69 Å². The van der Waals surface area contributed by atoms with Gasteiger partial charge in [-0.15, -0.1) is 10.2 Å². The maximum Gasteiger partial charge on any atom is 0.273 e. The Hall–Kier alpha value is -3.01. The smallest absolute Gasteiger partial charge is 0.273 e. The maximum atomic E-state index is 12.0. The third-order valence-corrected chi connectivity index (χ3v) is 2.99. The first kappa shape index (κ1) is 15.4. The lowest BCUT2D eigenvalue weighted by molar-refractivity contribution is -0.118. The van der Waals surface area contributed by atoms with Crippen LogP contribution in [0.1, 0.15) is 24.6 Å². The summed E-state index contributed by atoms with van der Waals surface area (Å²) in [4.78, 5) is 25.4. The van der Waals surface area contributed by atoms with E-state index >= 15 is 0 Å². The van der Waals surface area contributed by atoms with E-state index in [-0.39, 0.29) is 11.5 Å². The second kappa shape index (κ2) is 7.13. The third-order valence-electron chi connectivity index (χ3n) is 2.99. The van der Waals surface area contributed by atoms with Crippen LogP contribution in [-0.2, 0) is 11.2 Å². The molecule has 0 aliphatic heterocycles. The topological polar surface area (TPSA) is 112 Å². The molecule has 0 bridgehead atoms. The molecule has 0 fully saturated rings. The van der Waals surface area contributed by atoms with Gasteiger partial charge >= 0.3 is 0 Å². The van der Waals surface area contributed by atoms with Crippen LogP contribution >= 0.6 is 0 Å². The van der Waals surface area contributed by atoms with Gasteiger partial charge in [0.05, 0.1) is 11.6 Å². The van der Waals surface area contributed by atoms with Crippen molar-refractivity contribution in [3.05, 3.63) is 45.9 Å². The number of nitrogens with zero attached hydrogens (tertiary/aromatic N) is 3. The molecule has 0 atom stereocenters. The van der Waals surface area contributed by atoms with E-state index in [2.05, 4.69) is 20.5 Å². The lowest BCUT2D eigenvalue weighted by Gasteiger charge is -2.03. The molecule has 2 N–H and O–H groups in total. The van der Waals surface area contributed by atoms with E-state index in [9.17, 15) is 9.59 Å². The predicted octanol–water partition coefficient (Wildman–Crippen LogP) is 0.772. The number of nitrogens with one attached hydrogen (secondary N) is 2. The van der Waals surface area contributed by atoms with Crippen LogP contribution in [0, 0.1) is 11.3 Å². The minimum Gasteiger partial charge on any atom is -0.356 e. The van der Waals surface area contributed by atoms with Gasteiger partial charge in [-0.2, -0.15) is 5.26 Å². The number of aromatic amines is 1. The number of hydrogen-bond acceptors (Lipinski definition) is 5. The zero-order chi connectivity index (χ0) is 15.9. The highest BCUT2D eigenvalue weighted by molar-refractivity contribution is 5.72. The predicted molar refractivity (Wildman–Crippen MR) is 79.8 cm³/mol. The molecule has 7 heteroatoms. The van der Waals surface area contributed by atoms with Crippen molar-refractivity contribution < 1.29 is 4.79 Å². The molecule has 0 saturated carbocycles. The first-order valence-corrected chi connectivity index (χ1v) is 6.81. The number of nitriles is 1. The molecular weight excluding hydrogens is 282 g/mol. The molecular formula is C15H15N5O2. The van der Waals surface area contributed by atoms with Crippen molar-refractivity contribution in [2.75, 3.05) is 6.54 Å². The zero-order valence-electron chi connectivity index (χ0n) is 12.1. The number of aromatic nitrogens is 3. The van der Waals surface area contributed by atoms with E-state index in [4.69, 9.17) is 5.26 Å². The Kier molecular flexibility index (Phi) is 4.98. The number of H-pyrrole nitrogens is 1. The van der Waals surface area contributed by atoms with Crippen LogP contribution in [0.25, 0.3) is 11.4 Å². The summed E-state index contributed by atoms with van der Waals surface area (Å²) in [5.41, 5.74) is 1.13. The Morgan fingerprint density at radius 1 is 1.41 bits per heavy atom. The minimum absolute atomic E-state index is 0.104. The van der Waals surface area contributed by atoms with Crippen LogP contribution in [0.5, 0.6) is 0 Å². The quantitative estimate of drug-likeness (QED) is 0.792. The van der Waals surface area contributed by atoms with Crippen molar-refractivity contribution in [1.82, 2.24) is 20.5 Å². The molecule has 0 aliphatic rings. The van der Waals surface area contributed by atoms with E-state index < -0.39 is 0 Å². The van der Waals surface area contributed by atoms with Gasteiger partial charge in [0.15, 0.2) is 5.82 Å². The first-order valence-electron chi connectivity index (χ1n) is 6.81. The normalized spacial score (nSPS) is 10.0. The Morgan fingerprint density at radius 2 is 2.23 bits per heavy atom. The van der Waals surface area contributed by atoms with Gasteiger partial charge in [0.25, 0.3) is 5.56 Å². The fourth-order valence-corrected chi connectivity index (χ4v) is 1.91. The van der Waals surface area contributed by atoms with Gasteiger partial charge in [-0.05, 0) is 25.0 Å². The summed E-state index contributed by atoms with van der Waals surface area (Å²) in [6.07, 6.45) is 1.04. The molecule has 1 aromatic heterocycles. The SMILES string of the molecule is CC(=O)NCCCc1nnc(-c2cccc(C#N)c2)[nH]c1=O. The van der Waals surface area contributed by atoms with E-state index in [1.807, 2.05) is 6.07 Å². The van der Waals surface area contributed by atoms with E-state index in [1.54, 1.807) is 24.3 Å². The molecule has 7 nitrogen and oxygen atoms in total. The summed E-state index contributed by atoms with van der Waals surface area (Å²) in [5, 5.41) is 19.5. The number of amides is 1. The highest BCUT2D eigenvalue weighted by atomic mass is 16.1. The second-order valence-electron chi connectivity index (χ2n) is 4.73. The summed E-state index contributed by atoms with van der Waals surface area (Å²) in [7, 11) is 0. The van der Waals surface area contributed by atoms with Crippen molar-refractivity contribution in [3.63, 3.8) is 0 Å². The van der Waals surface area contributed by atoms with Gasteiger partial charge in [-0.3, -0.25) is 9.59 Å². The molecule has 1 amide bonds. The summed E-state index contributed by atoms with van der Waals surface area (Å²) >= 11 is 0. The van der Waals surface area contributed by atoms with Crippen LogP contribution in [0.4, 0.5) is 0 Å². The standard InChI is InChI=1S/C15H15N5O2/c1-10(21)17-7-3-6-13-15(22)18-14(20-19-13)12-5-2-4-11(8-12)9-16/h2,4-5,8H,3,6-7H2,1H3,(H,17,21)(H,18,20,22). The van der Waals surface area contributed by atoms with Gasteiger partial charge in [-0.1, -0.05) is 12.1 Å². The molecule has 1 aromatic carbocycles. The van der Waals surface area contributed by atoms with E-state index in [0.29, 0.717) is 42.0 Å². The van der Waals surface area contributed by atoms with Crippen LogP contribution in [-0.4, -0.2) is 27.6 Å². The van der Waals surface area contributed by atoms with Crippen molar-refractivity contribution >= 4 is 5.91 Å². The summed E-state index contributed by atoms with van der Waals surface area (Å²) in [6.45, 7) is 1.93. The molecule has 0 radical (unpaired) electrons. The molecule has 2 aromatic rings. The molecule has 22 heavy (non-hydrogen) atoms. The Morgan fingerprint density at radius 3 is 2.91 bits per heavy atom. The van der Waals surface area contributed by atoms with Crippen molar-refractivity contribution in [1.29, 1.82) is 5.26 Å². The van der Waals surface area contributed by atoms with E-state index in [1.165, 1.54) is 6.92 Å². The third kappa shape index (κ3) is 3.99. The number of carbonyl (C=O) groups excluding carboxylic acids is 1. The zero-order valence-corrected chi connectivity index (χ0v) is 12.1. The average Bonchev–Trinajstić information content (AvgIpc) is 2.52. The molecule has 0 saturated heterocycles. The molecule has 0 unspecified atom stereocenters. The number of benzene rings is 1. The summed E-state index contributed by atoms with van der Waals surface area (Å²) in [6, 6.07) is 8.80. The average molecular weight is 297 g/mol. The maximum absolute atomic E-state index is 12.0. The van der Waals surface area contributed by atoms with Gasteiger partial charge < -0.3 is 10.3 Å². The van der Waals surface area contributed by atoms with Crippen molar-refractivity contribution in [3.8, 4) is 17.5 Å². The van der Waals surface area contributed by atoms with Crippen LogP contribution < -0.4 is 10.9 Å². The summed E-state index contributed by atoms with van der Waals surface area (Å²) in [5.74, 6) is 0.223. The Balaban J connectivity index is 2.11. The fraction of sp³-hybridized carbons (Fsp3) is 0.267. The largest absolute Gasteiger partial charge is 0.356 e. The summed E-state index contributed by atoms with van der Waals surface area (Å²) < 4.78 is 0. The minimum atomic E-state index is -0.310. The Labute approximate surface area is 127 Å². The van der Waals surface area contributed by atoms with Crippen LogP contribution in [0.3, 0.4) is 0 Å². The molecule has 0 aliphatic carbocycles. The highest BCUT2D eigenvalue weighted by Gasteiger charge is 2.07. The van der Waals surface area contributed by atoms with E-state index in [0.717, 1.165) is 0 Å². The lowest BCUT2D eigenvalue weighted by atomic mass is 10.1.